The van der Waals surface area contributed by atoms with Gasteiger partial charge in [-0.05, 0) is 6.42 Å². The molecule has 1 N–H and O–H groups in total. The molecule has 1 fully saturated rings. The highest BCUT2D eigenvalue weighted by Gasteiger charge is 2.29. The van der Waals surface area contributed by atoms with Gasteiger partial charge in [-0.25, -0.2) is 0 Å². The highest BCUT2D eigenvalue weighted by atomic mass is 32.2. The van der Waals surface area contributed by atoms with E-state index < -0.39 is 0 Å². The first-order valence-electron chi connectivity index (χ1n) is 3.14. The molecule has 0 bridgehead atoms. The van der Waals surface area contributed by atoms with Crippen LogP contribution in [0.3, 0.4) is 0 Å². The van der Waals surface area contributed by atoms with Crippen LogP contribution in [0.2, 0.25) is 0 Å². The predicted molar refractivity (Wildman–Crippen MR) is 37.2 cm³/mol. The van der Waals surface area contributed by atoms with Gasteiger partial charge in [-0.15, -0.1) is 0 Å². The first-order chi connectivity index (χ1) is 3.84. The number of aliphatic hydroxyl groups excluding tert-OH is 1. The molecule has 0 amide bonds. The maximum Gasteiger partial charge on any atom is 0.0666 e. The van der Waals surface area contributed by atoms with Crippen molar-refractivity contribution in [2.75, 3.05) is 5.75 Å². The van der Waals surface area contributed by atoms with Crippen LogP contribution in [0.1, 0.15) is 19.8 Å². The Hall–Kier alpha value is 0.310. The molecule has 1 nitrogen and oxygen atoms in total. The second-order valence-corrected chi connectivity index (χ2v) is 3.50. The summed E-state index contributed by atoms with van der Waals surface area (Å²) in [6.07, 6.45) is 2.08. The standard InChI is InChI=1S/C6H12OS/c1-2-3-5(7)6-4-8-6/h5-7H,2-4H2,1H3. The van der Waals surface area contributed by atoms with Gasteiger partial charge in [-0.1, -0.05) is 13.3 Å². The van der Waals surface area contributed by atoms with Crippen LogP contribution in [0, 0.1) is 0 Å². The molecule has 2 atom stereocenters. The Balaban J connectivity index is 2.03. The van der Waals surface area contributed by atoms with Crippen molar-refractivity contribution in [2.24, 2.45) is 0 Å². The van der Waals surface area contributed by atoms with E-state index in [0.29, 0.717) is 5.25 Å². The molecule has 2 heteroatoms. The highest BCUT2D eigenvalue weighted by Crippen LogP contribution is 2.34. The summed E-state index contributed by atoms with van der Waals surface area (Å²) in [6, 6.07) is 0. The van der Waals surface area contributed by atoms with Crippen molar-refractivity contribution < 1.29 is 5.11 Å². The summed E-state index contributed by atoms with van der Waals surface area (Å²) in [5.41, 5.74) is 0. The Kier molecular flexibility index (Phi) is 2.20. The lowest BCUT2D eigenvalue weighted by molar-refractivity contribution is 0.172. The largest absolute Gasteiger partial charge is 0.392 e. The van der Waals surface area contributed by atoms with Gasteiger partial charge in [-0.2, -0.15) is 11.8 Å². The van der Waals surface area contributed by atoms with Crippen molar-refractivity contribution >= 4 is 11.8 Å². The second kappa shape index (κ2) is 2.74. The van der Waals surface area contributed by atoms with Crippen molar-refractivity contribution in [3.63, 3.8) is 0 Å². The third-order valence-electron chi connectivity index (χ3n) is 1.37. The summed E-state index contributed by atoms with van der Waals surface area (Å²) >= 11 is 1.87. The molecule has 0 aromatic heterocycles. The summed E-state index contributed by atoms with van der Waals surface area (Å²) in [6.45, 7) is 2.11. The molecule has 1 aliphatic heterocycles. The summed E-state index contributed by atoms with van der Waals surface area (Å²) in [5.74, 6) is 1.18. The molecule has 2 unspecified atom stereocenters. The quantitative estimate of drug-likeness (QED) is 0.583. The van der Waals surface area contributed by atoms with Gasteiger partial charge in [0.15, 0.2) is 0 Å². The van der Waals surface area contributed by atoms with E-state index in [1.54, 1.807) is 0 Å². The highest BCUT2D eigenvalue weighted by molar-refractivity contribution is 8.06. The average molecular weight is 132 g/mol. The lowest BCUT2D eigenvalue weighted by atomic mass is 10.2. The number of hydrogen-bond acceptors (Lipinski definition) is 2. The first-order valence-corrected chi connectivity index (χ1v) is 4.19. The molecule has 1 saturated heterocycles. The fourth-order valence-electron chi connectivity index (χ4n) is 0.759. The fourth-order valence-corrected chi connectivity index (χ4v) is 1.45. The van der Waals surface area contributed by atoms with E-state index in [4.69, 9.17) is 5.11 Å². The number of thioether (sulfide) groups is 1. The Morgan fingerprint density at radius 2 is 2.50 bits per heavy atom. The van der Waals surface area contributed by atoms with Crippen LogP contribution in [0.5, 0.6) is 0 Å². The molecule has 0 aromatic rings. The van der Waals surface area contributed by atoms with Crippen LogP contribution in [0.4, 0.5) is 0 Å². The van der Waals surface area contributed by atoms with Gasteiger partial charge in [0, 0.05) is 11.0 Å². The molecule has 0 saturated carbocycles. The SMILES string of the molecule is CCCC(O)C1CS1. The predicted octanol–water partition coefficient (Wildman–Crippen LogP) is 1.26. The van der Waals surface area contributed by atoms with E-state index in [2.05, 4.69) is 6.92 Å². The van der Waals surface area contributed by atoms with E-state index in [1.165, 1.54) is 5.75 Å². The van der Waals surface area contributed by atoms with Gasteiger partial charge in [0.2, 0.25) is 0 Å². The summed E-state index contributed by atoms with van der Waals surface area (Å²) < 4.78 is 0. The third-order valence-corrected chi connectivity index (χ3v) is 2.41. The topological polar surface area (TPSA) is 20.2 Å². The number of hydrogen-bond donors (Lipinski definition) is 1. The fraction of sp³-hybridized carbons (Fsp3) is 1.00. The third kappa shape index (κ3) is 1.67. The molecule has 1 aliphatic rings. The van der Waals surface area contributed by atoms with Crippen LogP contribution in [0.25, 0.3) is 0 Å². The van der Waals surface area contributed by atoms with Crippen LogP contribution in [0.15, 0.2) is 0 Å². The van der Waals surface area contributed by atoms with E-state index in [-0.39, 0.29) is 6.10 Å². The van der Waals surface area contributed by atoms with Crippen LogP contribution >= 0.6 is 11.8 Å². The van der Waals surface area contributed by atoms with Crippen molar-refractivity contribution in [1.82, 2.24) is 0 Å². The summed E-state index contributed by atoms with van der Waals surface area (Å²) in [7, 11) is 0. The minimum Gasteiger partial charge on any atom is -0.392 e. The Bertz CT molecular complexity index is 70.9. The minimum atomic E-state index is -0.00926. The van der Waals surface area contributed by atoms with Gasteiger partial charge in [0.1, 0.15) is 0 Å². The normalized spacial score (nSPS) is 30.0. The van der Waals surface area contributed by atoms with Gasteiger partial charge in [0.25, 0.3) is 0 Å². The number of aliphatic hydroxyl groups is 1. The smallest absolute Gasteiger partial charge is 0.0666 e. The van der Waals surface area contributed by atoms with Crippen LogP contribution in [-0.2, 0) is 0 Å². The van der Waals surface area contributed by atoms with E-state index in [0.717, 1.165) is 12.8 Å². The average Bonchev–Trinajstić information content (AvgIpc) is 2.45. The number of rotatable bonds is 3. The van der Waals surface area contributed by atoms with Crippen molar-refractivity contribution in [2.45, 2.75) is 31.1 Å². The lowest BCUT2D eigenvalue weighted by Gasteiger charge is -2.03. The molecule has 1 rings (SSSR count). The Morgan fingerprint density at radius 3 is 2.88 bits per heavy atom. The molecule has 0 aromatic carbocycles. The van der Waals surface area contributed by atoms with Crippen molar-refractivity contribution in [3.05, 3.63) is 0 Å². The molecule has 0 aliphatic carbocycles. The molecule has 1 heterocycles. The van der Waals surface area contributed by atoms with Gasteiger partial charge < -0.3 is 5.11 Å². The Labute approximate surface area is 54.5 Å². The molecular formula is C6H12OS. The maximum absolute atomic E-state index is 9.17. The lowest BCUT2D eigenvalue weighted by Crippen LogP contribution is -2.11. The summed E-state index contributed by atoms with van der Waals surface area (Å²) in [4.78, 5) is 0. The first kappa shape index (κ1) is 6.43. The van der Waals surface area contributed by atoms with Crippen molar-refractivity contribution in [1.29, 1.82) is 0 Å². The molecule has 48 valence electrons. The monoisotopic (exact) mass is 132 g/mol. The van der Waals surface area contributed by atoms with Crippen molar-refractivity contribution in [3.8, 4) is 0 Å². The summed E-state index contributed by atoms with van der Waals surface area (Å²) in [5, 5.41) is 9.76. The van der Waals surface area contributed by atoms with Gasteiger partial charge in [-0.3, -0.25) is 0 Å². The zero-order chi connectivity index (χ0) is 5.98. The van der Waals surface area contributed by atoms with Crippen LogP contribution in [-0.4, -0.2) is 22.2 Å². The maximum atomic E-state index is 9.17. The molecule has 0 spiro atoms. The van der Waals surface area contributed by atoms with Gasteiger partial charge in [0.05, 0.1) is 6.10 Å². The molecular weight excluding hydrogens is 120 g/mol. The Morgan fingerprint density at radius 1 is 1.88 bits per heavy atom. The zero-order valence-corrected chi connectivity index (χ0v) is 5.95. The van der Waals surface area contributed by atoms with E-state index >= 15 is 0 Å². The second-order valence-electron chi connectivity index (χ2n) is 2.23. The van der Waals surface area contributed by atoms with Gasteiger partial charge >= 0.3 is 0 Å². The van der Waals surface area contributed by atoms with E-state index in [1.807, 2.05) is 11.8 Å². The zero-order valence-electron chi connectivity index (χ0n) is 5.13. The molecule has 8 heavy (non-hydrogen) atoms. The van der Waals surface area contributed by atoms with E-state index in [9.17, 15) is 0 Å². The van der Waals surface area contributed by atoms with Crippen LogP contribution < -0.4 is 0 Å². The molecule has 0 radical (unpaired) electrons. The minimum absolute atomic E-state index is 0.00926.